The first-order valence-corrected chi connectivity index (χ1v) is 10.0. The summed E-state index contributed by atoms with van der Waals surface area (Å²) in [7, 11) is 0. The number of alkyl carbamates (subject to hydrolysis) is 1. The van der Waals surface area contributed by atoms with Crippen LogP contribution >= 0.6 is 0 Å². The van der Waals surface area contributed by atoms with Crippen LogP contribution in [0.5, 0.6) is 0 Å². The van der Waals surface area contributed by atoms with Crippen molar-refractivity contribution >= 4 is 23.1 Å². The summed E-state index contributed by atoms with van der Waals surface area (Å²) in [5.41, 5.74) is 5.70. The van der Waals surface area contributed by atoms with Crippen molar-refractivity contribution in [3.05, 3.63) is 102 Å². The number of fused-ring (bicyclic) bond motifs is 4. The lowest BCUT2D eigenvalue weighted by molar-refractivity contribution is 0.144. The van der Waals surface area contributed by atoms with Crippen molar-refractivity contribution < 1.29 is 13.9 Å². The van der Waals surface area contributed by atoms with Crippen LogP contribution in [0.25, 0.3) is 28.2 Å². The molecule has 1 heterocycles. The summed E-state index contributed by atoms with van der Waals surface area (Å²) in [5.74, 6) is 0.819. The zero-order chi connectivity index (χ0) is 20.3. The van der Waals surface area contributed by atoms with Crippen LogP contribution in [0.15, 0.2) is 89.4 Å². The van der Waals surface area contributed by atoms with Crippen LogP contribution in [0, 0.1) is 0 Å². The van der Waals surface area contributed by atoms with Crippen LogP contribution in [0.2, 0.25) is 0 Å². The van der Waals surface area contributed by atoms with Gasteiger partial charge in [-0.25, -0.2) is 4.79 Å². The van der Waals surface area contributed by atoms with E-state index in [9.17, 15) is 4.79 Å². The minimum absolute atomic E-state index is 0.0641. The molecule has 0 unspecified atom stereocenters. The minimum atomic E-state index is -0.425. The average Bonchev–Trinajstić information content (AvgIpc) is 3.34. The maximum Gasteiger partial charge on any atom is 0.407 e. The number of carbonyl (C=O) groups is 1. The molecule has 1 aromatic heterocycles. The van der Waals surface area contributed by atoms with Crippen molar-refractivity contribution in [2.75, 3.05) is 13.2 Å². The summed E-state index contributed by atoms with van der Waals surface area (Å²) in [4.78, 5) is 12.2. The van der Waals surface area contributed by atoms with Gasteiger partial charge in [0.2, 0.25) is 0 Å². The third-order valence-electron chi connectivity index (χ3n) is 5.43. The van der Waals surface area contributed by atoms with E-state index in [4.69, 9.17) is 9.15 Å². The summed E-state index contributed by atoms with van der Waals surface area (Å²) in [5, 5.41) is 3.83. The van der Waals surface area contributed by atoms with Crippen LogP contribution < -0.4 is 5.32 Å². The zero-order valence-electron chi connectivity index (χ0n) is 16.4. The van der Waals surface area contributed by atoms with Gasteiger partial charge in [0.25, 0.3) is 0 Å². The third-order valence-corrected chi connectivity index (χ3v) is 5.43. The number of amides is 1. The lowest BCUT2D eigenvalue weighted by Crippen LogP contribution is -2.26. The Hall–Kier alpha value is -3.79. The number of nitrogens with one attached hydrogen (secondary N) is 1. The molecule has 0 spiro atoms. The van der Waals surface area contributed by atoms with E-state index in [1.54, 1.807) is 0 Å². The highest BCUT2D eigenvalue weighted by atomic mass is 16.5. The molecule has 3 aromatic carbocycles. The molecule has 0 bridgehead atoms. The molecular formula is C26H21NO3. The molecule has 30 heavy (non-hydrogen) atoms. The Labute approximate surface area is 174 Å². The molecule has 1 N–H and O–H groups in total. The van der Waals surface area contributed by atoms with Crippen molar-refractivity contribution in [3.8, 4) is 11.1 Å². The van der Waals surface area contributed by atoms with Gasteiger partial charge in [0.1, 0.15) is 18.0 Å². The van der Waals surface area contributed by atoms with E-state index in [0.717, 1.165) is 16.7 Å². The van der Waals surface area contributed by atoms with Crippen LogP contribution in [0.4, 0.5) is 4.79 Å². The molecule has 0 aliphatic heterocycles. The Morgan fingerprint density at radius 3 is 2.33 bits per heavy atom. The summed E-state index contributed by atoms with van der Waals surface area (Å²) < 4.78 is 11.3. The Morgan fingerprint density at radius 1 is 0.933 bits per heavy atom. The molecule has 1 aliphatic carbocycles. The van der Waals surface area contributed by atoms with E-state index in [1.807, 2.05) is 66.7 Å². The molecule has 5 rings (SSSR count). The van der Waals surface area contributed by atoms with Gasteiger partial charge in [0.05, 0.1) is 0 Å². The van der Waals surface area contributed by atoms with Crippen molar-refractivity contribution in [1.82, 2.24) is 5.32 Å². The van der Waals surface area contributed by atoms with Gasteiger partial charge in [-0.3, -0.25) is 0 Å². The molecule has 4 nitrogen and oxygen atoms in total. The predicted octanol–water partition coefficient (Wildman–Crippen LogP) is 5.98. The van der Waals surface area contributed by atoms with E-state index < -0.39 is 6.09 Å². The van der Waals surface area contributed by atoms with Gasteiger partial charge < -0.3 is 14.5 Å². The molecule has 0 saturated carbocycles. The minimum Gasteiger partial charge on any atom is -0.457 e. The van der Waals surface area contributed by atoms with Crippen LogP contribution in [-0.2, 0) is 4.74 Å². The van der Waals surface area contributed by atoms with Gasteiger partial charge in [-0.05, 0) is 40.5 Å². The normalized spacial score (nSPS) is 12.8. The summed E-state index contributed by atoms with van der Waals surface area (Å²) >= 11 is 0. The molecule has 0 radical (unpaired) electrons. The van der Waals surface area contributed by atoms with E-state index >= 15 is 0 Å². The van der Waals surface area contributed by atoms with Crippen LogP contribution in [-0.4, -0.2) is 19.2 Å². The molecule has 1 aliphatic rings. The van der Waals surface area contributed by atoms with Crippen molar-refractivity contribution in [3.63, 3.8) is 0 Å². The lowest BCUT2D eigenvalue weighted by Gasteiger charge is -2.14. The number of furan rings is 1. The largest absolute Gasteiger partial charge is 0.457 e. The van der Waals surface area contributed by atoms with Gasteiger partial charge in [0, 0.05) is 17.8 Å². The predicted molar refractivity (Wildman–Crippen MR) is 118 cm³/mol. The Morgan fingerprint density at radius 2 is 1.60 bits per heavy atom. The molecule has 4 aromatic rings. The van der Waals surface area contributed by atoms with E-state index in [1.165, 1.54) is 22.3 Å². The van der Waals surface area contributed by atoms with Crippen LogP contribution in [0.1, 0.15) is 22.8 Å². The fraction of sp³-hybridized carbons (Fsp3) is 0.115. The number of hydrogen-bond acceptors (Lipinski definition) is 3. The molecular weight excluding hydrogens is 374 g/mol. The fourth-order valence-corrected chi connectivity index (χ4v) is 4.05. The van der Waals surface area contributed by atoms with Crippen molar-refractivity contribution in [2.45, 2.75) is 5.92 Å². The van der Waals surface area contributed by atoms with Crippen LogP contribution in [0.3, 0.4) is 0 Å². The summed E-state index contributed by atoms with van der Waals surface area (Å²) in [6, 6.07) is 26.4. The van der Waals surface area contributed by atoms with E-state index in [-0.39, 0.29) is 5.92 Å². The zero-order valence-corrected chi connectivity index (χ0v) is 16.4. The number of carbonyl (C=O) groups excluding carboxylic acids is 1. The average molecular weight is 395 g/mol. The highest BCUT2D eigenvalue weighted by molar-refractivity contribution is 5.80. The summed E-state index contributed by atoms with van der Waals surface area (Å²) in [6.07, 6.45) is 3.27. The van der Waals surface area contributed by atoms with Gasteiger partial charge in [-0.1, -0.05) is 72.8 Å². The Kier molecular flexibility index (Phi) is 4.81. The fourth-order valence-electron chi connectivity index (χ4n) is 4.05. The number of rotatable bonds is 5. The maximum atomic E-state index is 12.2. The maximum absolute atomic E-state index is 12.2. The van der Waals surface area contributed by atoms with E-state index in [0.29, 0.717) is 13.2 Å². The Balaban J connectivity index is 1.18. The lowest BCUT2D eigenvalue weighted by atomic mass is 9.98. The molecule has 0 fully saturated rings. The second kappa shape index (κ2) is 7.91. The molecule has 0 atom stereocenters. The second-order valence-electron chi connectivity index (χ2n) is 7.30. The highest BCUT2D eigenvalue weighted by Gasteiger charge is 2.28. The standard InChI is InChI=1S/C26H21NO3/c28-26(27-15-7-9-19-16-18-8-1-6-14-25(18)30-19)29-17-24-22-12-4-2-10-20(22)21-11-3-5-13-23(21)24/h1-14,16,24H,15,17H2,(H,27,28). The first-order chi connectivity index (χ1) is 14.8. The third kappa shape index (κ3) is 3.48. The highest BCUT2D eigenvalue weighted by Crippen LogP contribution is 2.44. The number of para-hydroxylation sites is 1. The van der Waals surface area contributed by atoms with Gasteiger partial charge in [-0.15, -0.1) is 0 Å². The van der Waals surface area contributed by atoms with Gasteiger partial charge in [0.15, 0.2) is 0 Å². The van der Waals surface area contributed by atoms with Crippen molar-refractivity contribution in [1.29, 1.82) is 0 Å². The number of ether oxygens (including phenoxy) is 1. The first-order valence-electron chi connectivity index (χ1n) is 10.0. The SMILES string of the molecule is O=C(NCC=Cc1cc2ccccc2o1)OCC1c2ccccc2-c2ccccc21. The molecule has 148 valence electrons. The molecule has 1 amide bonds. The monoisotopic (exact) mass is 395 g/mol. The smallest absolute Gasteiger partial charge is 0.407 e. The van der Waals surface area contributed by atoms with E-state index in [2.05, 4.69) is 29.6 Å². The Bertz CT molecular complexity index is 1160. The quantitative estimate of drug-likeness (QED) is 0.452. The molecule has 0 saturated heterocycles. The summed E-state index contributed by atoms with van der Waals surface area (Å²) in [6.45, 7) is 0.681. The number of hydrogen-bond donors (Lipinski definition) is 1. The molecule has 4 heteroatoms. The van der Waals surface area contributed by atoms with Gasteiger partial charge in [-0.2, -0.15) is 0 Å². The number of benzene rings is 3. The second-order valence-corrected chi connectivity index (χ2v) is 7.30. The topological polar surface area (TPSA) is 51.5 Å². The van der Waals surface area contributed by atoms with Gasteiger partial charge >= 0.3 is 6.09 Å². The first kappa shape index (κ1) is 18.3. The van der Waals surface area contributed by atoms with Crippen molar-refractivity contribution in [2.24, 2.45) is 0 Å².